The molecule has 6 heterocycles. The minimum absolute atomic E-state index is 0.395. The highest BCUT2D eigenvalue weighted by atomic mass is 14.9. The van der Waals surface area contributed by atoms with Crippen LogP contribution in [0.2, 0.25) is 0 Å². The van der Waals surface area contributed by atoms with Gasteiger partial charge in [0.05, 0.1) is 47.3 Å². The zero-order valence-electron chi connectivity index (χ0n) is 45.5. The molecule has 80 heavy (non-hydrogen) atoms. The van der Waals surface area contributed by atoms with Crippen LogP contribution in [0.5, 0.6) is 0 Å². The Hall–Kier alpha value is -9.92. The number of nitrogens with zero attached hydrogens (tertiary/aromatic N) is 4. The lowest BCUT2D eigenvalue weighted by Gasteiger charge is -2.23. The molecule has 0 fully saturated rings. The van der Waals surface area contributed by atoms with Gasteiger partial charge in [-0.3, -0.25) is 9.98 Å². The summed E-state index contributed by atoms with van der Waals surface area (Å²) in [6.45, 7) is 10.2. The van der Waals surface area contributed by atoms with Crippen LogP contribution < -0.4 is 0 Å². The maximum absolute atomic E-state index is 5.68. The number of benzene rings is 6. The second-order valence-corrected chi connectivity index (χ2v) is 21.4. The molecule has 2 aliphatic rings. The summed E-state index contributed by atoms with van der Waals surface area (Å²) in [5.41, 5.74) is 21.3. The van der Waals surface area contributed by atoms with Gasteiger partial charge in [0, 0.05) is 79.7 Å². The Kier molecular flexibility index (Phi) is 14.1. The van der Waals surface area contributed by atoms with Crippen LogP contribution in [0.4, 0.5) is 0 Å². The molecule has 0 atom stereocenters. The first kappa shape index (κ1) is 50.9. The molecule has 2 aliphatic heterocycles. The first-order chi connectivity index (χ1) is 39.2. The summed E-state index contributed by atoms with van der Waals surface area (Å²) < 4.78 is 0. The molecule has 0 saturated heterocycles. The first-order valence-corrected chi connectivity index (χ1v) is 27.3. The Morgan fingerprint density at radius 2 is 0.700 bits per heavy atom. The van der Waals surface area contributed by atoms with Crippen molar-refractivity contribution in [1.82, 2.24) is 19.9 Å². The fraction of sp³-hybridized carbons (Fsp3) is 0.111. The van der Waals surface area contributed by atoms with Crippen molar-refractivity contribution in [3.05, 3.63) is 333 Å². The Bertz CT molecular complexity index is 3790. The Balaban J connectivity index is 0.947. The summed E-state index contributed by atoms with van der Waals surface area (Å²) in [6, 6.07) is 80.4. The number of hydrogen-bond donors (Lipinski definition) is 4. The number of rotatable bonds is 17. The second-order valence-electron chi connectivity index (χ2n) is 21.4. The van der Waals surface area contributed by atoms with Gasteiger partial charge in [-0.25, -0.2) is 9.98 Å². The summed E-state index contributed by atoms with van der Waals surface area (Å²) >= 11 is 0. The van der Waals surface area contributed by atoms with Gasteiger partial charge in [0.15, 0.2) is 0 Å². The van der Waals surface area contributed by atoms with Gasteiger partial charge in [-0.05, 0) is 122 Å². The fourth-order valence-electron chi connectivity index (χ4n) is 10.7. The Labute approximate surface area is 468 Å². The standard InChI is InChI=1S/C72H62N8/c1-71(2,63-39-35-55(75-63)47-73-45-49-23-11-5-12-24-49)65-41-37-59(77-65)67(53-31-19-9-20-32-53)69-57(51-27-15-7-16-28-51)43-61(79-69)62-44-58(52-29-17-8-18-30-52)70(80-62)68(54-33-21-10-22-34-54)60-38-42-66(78-60)72(3,4)64-40-36-56(76-64)48-74-46-50-25-13-6-14-26-50/h5-44,47-48,75-78H,45-46H2,1-4H3/b69-67-,70-68+,73-47?,74-48?. The number of H-pyrrole nitrogens is 4. The zero-order valence-corrected chi connectivity index (χ0v) is 45.5. The van der Waals surface area contributed by atoms with E-state index in [1.807, 2.05) is 48.8 Å². The molecule has 0 radical (unpaired) electrons. The highest BCUT2D eigenvalue weighted by Gasteiger charge is 2.33. The molecule has 4 aromatic heterocycles. The first-order valence-electron chi connectivity index (χ1n) is 27.3. The Morgan fingerprint density at radius 3 is 1.07 bits per heavy atom. The van der Waals surface area contributed by atoms with Gasteiger partial charge in [-0.1, -0.05) is 182 Å². The molecule has 390 valence electrons. The Morgan fingerprint density at radius 1 is 0.375 bits per heavy atom. The van der Waals surface area contributed by atoms with Crippen molar-refractivity contribution in [2.75, 3.05) is 0 Å². The third-order valence-electron chi connectivity index (χ3n) is 15.3. The lowest BCUT2D eigenvalue weighted by atomic mass is 9.86. The molecule has 8 heteroatoms. The van der Waals surface area contributed by atoms with Gasteiger partial charge in [0.1, 0.15) is 0 Å². The maximum atomic E-state index is 5.68. The summed E-state index contributed by atoms with van der Waals surface area (Å²) in [4.78, 5) is 36.0. The van der Waals surface area contributed by atoms with Gasteiger partial charge in [0.2, 0.25) is 0 Å². The van der Waals surface area contributed by atoms with Crippen molar-refractivity contribution in [2.24, 2.45) is 20.0 Å². The number of aliphatic imine (C=N–C) groups is 4. The minimum atomic E-state index is -0.395. The SMILES string of the molecule is CC(C)(c1ccc(C=NCc2ccccc2)[nH]1)c1ccc(/C(=C2\N=C(C3=N/C(=C(\c4ccccc4)c4ccc(C(C)(C)c5ccc(C=NCc6ccccc6)[nH]5)[nH]4)C(c4ccccc4)=C3)C=C2c2ccccc2)c2ccccc2)[nH]1. The van der Waals surface area contributed by atoms with E-state index in [1.54, 1.807) is 0 Å². The van der Waals surface area contributed by atoms with Gasteiger partial charge < -0.3 is 19.9 Å². The predicted molar refractivity (Wildman–Crippen MR) is 332 cm³/mol. The molecule has 4 N–H and O–H groups in total. The van der Waals surface area contributed by atoms with E-state index in [-0.39, 0.29) is 0 Å². The topological polar surface area (TPSA) is 113 Å². The molecule has 0 saturated carbocycles. The molecule has 6 aromatic carbocycles. The smallest absolute Gasteiger partial charge is 0.0901 e. The van der Waals surface area contributed by atoms with Crippen molar-refractivity contribution in [1.29, 1.82) is 0 Å². The second kappa shape index (κ2) is 22.2. The largest absolute Gasteiger partial charge is 0.358 e. The number of aromatic nitrogens is 4. The van der Waals surface area contributed by atoms with Crippen molar-refractivity contribution in [2.45, 2.75) is 51.6 Å². The molecule has 12 rings (SSSR count). The third-order valence-corrected chi connectivity index (χ3v) is 15.3. The molecule has 0 unspecified atom stereocenters. The zero-order chi connectivity index (χ0) is 54.5. The molecule has 0 bridgehead atoms. The molecule has 0 aliphatic carbocycles. The quantitative estimate of drug-likeness (QED) is 0.0651. The lowest BCUT2D eigenvalue weighted by molar-refractivity contribution is 0.602. The van der Waals surface area contributed by atoms with E-state index in [2.05, 4.69) is 254 Å². The van der Waals surface area contributed by atoms with Crippen LogP contribution in [0.25, 0.3) is 22.3 Å². The third kappa shape index (κ3) is 10.6. The van der Waals surface area contributed by atoms with Gasteiger partial charge in [-0.15, -0.1) is 0 Å². The fourth-order valence-corrected chi connectivity index (χ4v) is 10.7. The van der Waals surface area contributed by atoms with Gasteiger partial charge >= 0.3 is 0 Å². The molecule has 0 spiro atoms. The average Bonchev–Trinajstić information content (AvgIpc) is 4.57. The van der Waals surface area contributed by atoms with Crippen LogP contribution in [0.3, 0.4) is 0 Å². The highest BCUT2D eigenvalue weighted by Crippen LogP contribution is 2.44. The highest BCUT2D eigenvalue weighted by molar-refractivity contribution is 6.55. The van der Waals surface area contributed by atoms with E-state index in [0.29, 0.717) is 13.1 Å². The normalized spacial score (nSPS) is 15.1. The van der Waals surface area contributed by atoms with Crippen LogP contribution in [0, 0.1) is 0 Å². The number of nitrogens with one attached hydrogen (secondary N) is 4. The number of hydrogen-bond acceptors (Lipinski definition) is 4. The average molecular weight is 1040 g/mol. The van der Waals surface area contributed by atoms with Gasteiger partial charge in [0.25, 0.3) is 0 Å². The lowest BCUT2D eigenvalue weighted by Crippen LogP contribution is -2.20. The molecule has 0 amide bonds. The molecular formula is C72H62N8. The van der Waals surface area contributed by atoms with Crippen LogP contribution in [-0.2, 0) is 23.9 Å². The van der Waals surface area contributed by atoms with Crippen molar-refractivity contribution in [3.8, 4) is 0 Å². The minimum Gasteiger partial charge on any atom is -0.358 e. The summed E-state index contributed by atoms with van der Waals surface area (Å²) in [7, 11) is 0. The summed E-state index contributed by atoms with van der Waals surface area (Å²) in [5.74, 6) is 0. The summed E-state index contributed by atoms with van der Waals surface area (Å²) in [5, 5.41) is 0. The van der Waals surface area contributed by atoms with Gasteiger partial charge in [-0.2, -0.15) is 0 Å². The molecule has 10 aromatic rings. The predicted octanol–water partition coefficient (Wildman–Crippen LogP) is 16.2. The van der Waals surface area contributed by atoms with Crippen LogP contribution in [-0.4, -0.2) is 43.8 Å². The number of aromatic amines is 4. The van der Waals surface area contributed by atoms with E-state index >= 15 is 0 Å². The van der Waals surface area contributed by atoms with Crippen molar-refractivity contribution >= 4 is 46.1 Å². The monoisotopic (exact) mass is 1040 g/mol. The summed E-state index contributed by atoms with van der Waals surface area (Å²) in [6.07, 6.45) is 8.29. The maximum Gasteiger partial charge on any atom is 0.0901 e. The molecular weight excluding hydrogens is 977 g/mol. The van der Waals surface area contributed by atoms with Crippen molar-refractivity contribution < 1.29 is 0 Å². The van der Waals surface area contributed by atoms with Crippen LogP contribution >= 0.6 is 0 Å². The van der Waals surface area contributed by atoms with Crippen molar-refractivity contribution in [3.63, 3.8) is 0 Å². The van der Waals surface area contributed by atoms with E-state index in [4.69, 9.17) is 20.0 Å². The van der Waals surface area contributed by atoms with Crippen LogP contribution in [0.15, 0.2) is 274 Å². The van der Waals surface area contributed by atoms with E-state index < -0.39 is 10.8 Å². The van der Waals surface area contributed by atoms with E-state index in [0.717, 1.165) is 113 Å². The molecule has 8 nitrogen and oxygen atoms in total. The van der Waals surface area contributed by atoms with E-state index in [9.17, 15) is 0 Å². The van der Waals surface area contributed by atoms with E-state index in [1.165, 1.54) is 11.1 Å². The van der Waals surface area contributed by atoms with Crippen LogP contribution in [0.1, 0.15) is 107 Å². The number of allylic oxidation sites excluding steroid dienone is 4.